The maximum Gasteiger partial charge on any atom is 0.305 e. The number of hydrogen-bond acceptors (Lipinski definition) is 6. The number of nitrogens with one attached hydrogen (secondary N) is 1. The van der Waals surface area contributed by atoms with Crippen molar-refractivity contribution in [3.05, 3.63) is 53.1 Å². The number of pyridine rings is 1. The van der Waals surface area contributed by atoms with Gasteiger partial charge < -0.3 is 24.3 Å². The maximum atomic E-state index is 11.7. The number of nitrogens with zero attached hydrogens (tertiary/aromatic N) is 4. The smallest absolute Gasteiger partial charge is 0.305 e. The van der Waals surface area contributed by atoms with Crippen LogP contribution in [0.2, 0.25) is 0 Å². The van der Waals surface area contributed by atoms with Gasteiger partial charge in [0.1, 0.15) is 0 Å². The highest BCUT2D eigenvalue weighted by atomic mass is 32.1. The van der Waals surface area contributed by atoms with Crippen molar-refractivity contribution in [2.24, 2.45) is 0 Å². The first kappa shape index (κ1) is 25.6. The van der Waals surface area contributed by atoms with Gasteiger partial charge in [-0.3, -0.25) is 14.7 Å². The zero-order valence-corrected chi connectivity index (χ0v) is 21.9. The highest BCUT2D eigenvalue weighted by molar-refractivity contribution is 7.80. The van der Waals surface area contributed by atoms with Crippen LogP contribution >= 0.6 is 12.2 Å². The van der Waals surface area contributed by atoms with Crippen LogP contribution in [0.3, 0.4) is 0 Å². The molecule has 0 bridgehead atoms. The molecule has 2 fully saturated rings. The second-order valence-electron chi connectivity index (χ2n) is 9.29. The van der Waals surface area contributed by atoms with Crippen molar-refractivity contribution in [1.29, 1.82) is 0 Å². The van der Waals surface area contributed by atoms with Gasteiger partial charge in [-0.15, -0.1) is 0 Å². The first-order valence-corrected chi connectivity index (χ1v) is 12.9. The summed E-state index contributed by atoms with van der Waals surface area (Å²) in [5.74, 6) is -0.195. The molecule has 4 heterocycles. The van der Waals surface area contributed by atoms with Gasteiger partial charge in [-0.2, -0.15) is 0 Å². The minimum absolute atomic E-state index is 0.00856. The summed E-state index contributed by atoms with van der Waals surface area (Å²) in [6.07, 6.45) is 3.98. The second kappa shape index (κ2) is 12.0. The number of ether oxygens (including phenoxy) is 2. The number of carbonyl (C=O) groups is 1. The number of carbonyl (C=O) groups excluding carboxylic acids is 1. The van der Waals surface area contributed by atoms with E-state index in [1.54, 1.807) is 0 Å². The lowest BCUT2D eigenvalue weighted by atomic mass is 9.96. The Hall–Kier alpha value is -2.49. The number of thiocarbonyl (C=S) groups is 1. The Bertz CT molecular complexity index is 1010. The molecule has 2 atom stereocenters. The predicted octanol–water partition coefficient (Wildman–Crippen LogP) is 3.15. The van der Waals surface area contributed by atoms with E-state index in [-0.39, 0.29) is 18.1 Å². The Kier molecular flexibility index (Phi) is 8.75. The molecule has 0 aliphatic carbocycles. The van der Waals surface area contributed by atoms with Gasteiger partial charge in [0.2, 0.25) is 0 Å². The van der Waals surface area contributed by atoms with Crippen molar-refractivity contribution >= 4 is 23.3 Å². The van der Waals surface area contributed by atoms with E-state index in [4.69, 9.17) is 21.7 Å². The molecular weight excluding hydrogens is 462 g/mol. The minimum Gasteiger partial charge on any atom is -0.469 e. The largest absolute Gasteiger partial charge is 0.469 e. The molecule has 0 saturated carbocycles. The summed E-state index contributed by atoms with van der Waals surface area (Å²) >= 11 is 5.78. The SMILES string of the molecule is COC(=O)CCCN1C(=S)NC(c2ccccn2)C1c1cc(C)n(CCCN2CCOCC2)c1C. The molecule has 35 heavy (non-hydrogen) atoms. The molecule has 2 aliphatic rings. The maximum absolute atomic E-state index is 11.7. The second-order valence-corrected chi connectivity index (χ2v) is 9.67. The van der Waals surface area contributed by atoms with Crippen LogP contribution in [0.15, 0.2) is 30.5 Å². The molecule has 2 aromatic rings. The Labute approximate surface area is 213 Å². The summed E-state index contributed by atoms with van der Waals surface area (Å²) in [6, 6.07) is 8.25. The number of hydrogen-bond donors (Lipinski definition) is 1. The molecule has 2 saturated heterocycles. The number of aromatic nitrogens is 2. The Morgan fingerprint density at radius 3 is 2.71 bits per heavy atom. The molecule has 4 rings (SSSR count). The molecule has 8 nitrogen and oxygen atoms in total. The van der Waals surface area contributed by atoms with E-state index in [9.17, 15) is 4.79 Å². The zero-order valence-electron chi connectivity index (χ0n) is 21.0. The molecule has 2 unspecified atom stereocenters. The normalized spacial score (nSPS) is 20.8. The van der Waals surface area contributed by atoms with Gasteiger partial charge in [-0.25, -0.2) is 0 Å². The first-order valence-electron chi connectivity index (χ1n) is 12.5. The lowest BCUT2D eigenvalue weighted by Gasteiger charge is -2.28. The van der Waals surface area contributed by atoms with Crippen molar-refractivity contribution < 1.29 is 14.3 Å². The lowest BCUT2D eigenvalue weighted by molar-refractivity contribution is -0.140. The fraction of sp³-hybridized carbons (Fsp3) is 0.577. The molecule has 0 aromatic carbocycles. The molecule has 1 N–H and O–H groups in total. The molecular formula is C26H37N5O3S. The van der Waals surface area contributed by atoms with Gasteiger partial charge in [-0.1, -0.05) is 6.07 Å². The van der Waals surface area contributed by atoms with Gasteiger partial charge >= 0.3 is 5.97 Å². The van der Waals surface area contributed by atoms with E-state index in [1.165, 1.54) is 24.1 Å². The Morgan fingerprint density at radius 2 is 2.00 bits per heavy atom. The molecule has 2 aromatic heterocycles. The van der Waals surface area contributed by atoms with Crippen LogP contribution in [0.5, 0.6) is 0 Å². The molecule has 0 amide bonds. The first-order chi connectivity index (χ1) is 17.0. The van der Waals surface area contributed by atoms with Crippen LogP contribution in [0.1, 0.15) is 54.0 Å². The summed E-state index contributed by atoms with van der Waals surface area (Å²) in [4.78, 5) is 21.1. The highest BCUT2D eigenvalue weighted by Gasteiger charge is 2.41. The van der Waals surface area contributed by atoms with Crippen molar-refractivity contribution in [3.63, 3.8) is 0 Å². The highest BCUT2D eigenvalue weighted by Crippen LogP contribution is 2.41. The van der Waals surface area contributed by atoms with Gasteiger partial charge in [-0.05, 0) is 62.7 Å². The van der Waals surface area contributed by atoms with Gasteiger partial charge in [0.25, 0.3) is 0 Å². The third-order valence-corrected chi connectivity index (χ3v) is 7.45. The van der Waals surface area contributed by atoms with Crippen LogP contribution in [-0.2, 0) is 20.8 Å². The standard InChI is InChI=1S/C26H37N5O3S/c1-19-18-21(20(2)30(19)13-7-11-29-14-16-34-17-15-29)25-24(22-8-4-5-10-27-22)28-26(35)31(25)12-6-9-23(32)33-3/h4-5,8,10,18,24-25H,6-7,9,11-17H2,1-3H3,(H,28,35). The number of aryl methyl sites for hydroxylation is 1. The van der Waals surface area contributed by atoms with Crippen molar-refractivity contribution in [1.82, 2.24) is 24.7 Å². The van der Waals surface area contributed by atoms with Crippen molar-refractivity contribution in [2.75, 3.05) is 46.5 Å². The number of methoxy groups -OCH3 is 1. The molecule has 0 radical (unpaired) electrons. The predicted molar refractivity (Wildman–Crippen MR) is 139 cm³/mol. The molecule has 2 aliphatic heterocycles. The van der Waals surface area contributed by atoms with Crippen LogP contribution in [0.25, 0.3) is 0 Å². The third-order valence-electron chi connectivity index (χ3n) is 7.10. The molecule has 190 valence electrons. The molecule has 9 heteroatoms. The topological polar surface area (TPSA) is 71.9 Å². The fourth-order valence-corrected chi connectivity index (χ4v) is 5.56. The van der Waals surface area contributed by atoms with Gasteiger partial charge in [0, 0.05) is 56.7 Å². The summed E-state index contributed by atoms with van der Waals surface area (Å²) in [5.41, 5.74) is 4.74. The van der Waals surface area contributed by atoms with Gasteiger partial charge in [0.15, 0.2) is 5.11 Å². The molecule has 0 spiro atoms. The Balaban J connectivity index is 1.55. The summed E-state index contributed by atoms with van der Waals surface area (Å²) < 4.78 is 12.7. The third kappa shape index (κ3) is 6.02. The van der Waals surface area contributed by atoms with E-state index in [2.05, 4.69) is 44.6 Å². The van der Waals surface area contributed by atoms with E-state index in [0.29, 0.717) is 24.5 Å². The average Bonchev–Trinajstić information content (AvgIpc) is 3.35. The van der Waals surface area contributed by atoms with E-state index in [1.807, 2.05) is 24.4 Å². The van der Waals surface area contributed by atoms with Crippen LogP contribution < -0.4 is 5.32 Å². The van der Waals surface area contributed by atoms with Crippen molar-refractivity contribution in [3.8, 4) is 0 Å². The fourth-order valence-electron chi connectivity index (χ4n) is 5.23. The lowest BCUT2D eigenvalue weighted by Crippen LogP contribution is -2.37. The van der Waals surface area contributed by atoms with E-state index in [0.717, 1.165) is 51.5 Å². The quantitative estimate of drug-likeness (QED) is 0.395. The van der Waals surface area contributed by atoms with Crippen LogP contribution in [0, 0.1) is 13.8 Å². The summed E-state index contributed by atoms with van der Waals surface area (Å²) in [5, 5.41) is 4.22. The average molecular weight is 500 g/mol. The number of esters is 1. The van der Waals surface area contributed by atoms with E-state index < -0.39 is 0 Å². The minimum atomic E-state index is -0.195. The summed E-state index contributed by atoms with van der Waals surface area (Å²) in [7, 11) is 1.43. The monoisotopic (exact) mass is 499 g/mol. The van der Waals surface area contributed by atoms with E-state index >= 15 is 0 Å². The summed E-state index contributed by atoms with van der Waals surface area (Å²) in [6.45, 7) is 10.8. The van der Waals surface area contributed by atoms with Crippen molar-refractivity contribution in [2.45, 2.75) is 51.7 Å². The van der Waals surface area contributed by atoms with Crippen LogP contribution in [-0.4, -0.2) is 76.9 Å². The number of rotatable bonds is 10. The number of morpholine rings is 1. The van der Waals surface area contributed by atoms with Crippen LogP contribution in [0.4, 0.5) is 0 Å². The van der Waals surface area contributed by atoms with Gasteiger partial charge in [0.05, 0.1) is 38.1 Å². The zero-order chi connectivity index (χ0) is 24.8. The Morgan fingerprint density at radius 1 is 1.20 bits per heavy atom.